The molecule has 0 spiro atoms. The van der Waals surface area contributed by atoms with Crippen LogP contribution in [0.1, 0.15) is 0 Å². The second kappa shape index (κ2) is 4.40. The highest BCUT2D eigenvalue weighted by Crippen LogP contribution is 2.20. The Balaban J connectivity index is 3.45. The van der Waals surface area contributed by atoms with Gasteiger partial charge in [-0.2, -0.15) is 0 Å². The quantitative estimate of drug-likeness (QED) is 0.792. The molecule has 0 amide bonds. The molecule has 1 unspecified atom stereocenters. The largest absolute Gasteiger partial charge is 0.302 e. The summed E-state index contributed by atoms with van der Waals surface area (Å²) in [4.78, 5) is -0.248. The first-order chi connectivity index (χ1) is 6.87. The van der Waals surface area contributed by atoms with Gasteiger partial charge >= 0.3 is 0 Å². The molecule has 1 N–H and O–H groups in total. The van der Waals surface area contributed by atoms with Crippen molar-refractivity contribution >= 4 is 21.1 Å². The minimum absolute atomic E-state index is 0.105. The van der Waals surface area contributed by atoms with Crippen molar-refractivity contribution < 1.29 is 17.2 Å². The molecular formula is C8H11NO4S2. The van der Waals surface area contributed by atoms with E-state index in [-0.39, 0.29) is 9.79 Å². The van der Waals surface area contributed by atoms with Gasteiger partial charge in [-0.25, -0.2) is 16.9 Å². The summed E-state index contributed by atoms with van der Waals surface area (Å²) in [6.07, 6.45) is 0. The molecule has 0 aliphatic rings. The van der Waals surface area contributed by atoms with Crippen LogP contribution in [0, 0.1) is 0 Å². The number of hydrogen-bond donors (Lipinski definition) is 1. The fourth-order valence-corrected chi connectivity index (χ4v) is 2.94. The lowest BCUT2D eigenvalue weighted by atomic mass is 10.4. The standard InChI is InChI=1S/C8H11NO4S2/c1-9(2)15(12,13)8-6-4-3-5-7(8)14(10)11/h3-6H,1-2H3,(H,10,11). The van der Waals surface area contributed by atoms with E-state index in [0.29, 0.717) is 0 Å². The van der Waals surface area contributed by atoms with Crippen LogP contribution in [0.25, 0.3) is 0 Å². The Kier molecular flexibility index (Phi) is 3.61. The van der Waals surface area contributed by atoms with Crippen molar-refractivity contribution in [3.8, 4) is 0 Å². The molecule has 7 heteroatoms. The van der Waals surface area contributed by atoms with E-state index in [1.54, 1.807) is 0 Å². The van der Waals surface area contributed by atoms with Gasteiger partial charge in [-0.05, 0) is 12.1 Å². The van der Waals surface area contributed by atoms with Gasteiger partial charge in [0.25, 0.3) is 0 Å². The van der Waals surface area contributed by atoms with E-state index >= 15 is 0 Å². The van der Waals surface area contributed by atoms with Crippen LogP contribution < -0.4 is 0 Å². The lowest BCUT2D eigenvalue weighted by Crippen LogP contribution is -2.23. The summed E-state index contributed by atoms with van der Waals surface area (Å²) in [7, 11) is -0.937. The Morgan fingerprint density at radius 3 is 2.27 bits per heavy atom. The van der Waals surface area contributed by atoms with Gasteiger partial charge < -0.3 is 4.55 Å². The lowest BCUT2D eigenvalue weighted by molar-refractivity contribution is 0.515. The molecule has 1 aromatic rings. The smallest absolute Gasteiger partial charge is 0.243 e. The number of benzene rings is 1. The summed E-state index contributed by atoms with van der Waals surface area (Å²) in [5.74, 6) is 0. The van der Waals surface area contributed by atoms with E-state index in [1.807, 2.05) is 0 Å². The van der Waals surface area contributed by atoms with E-state index < -0.39 is 21.1 Å². The summed E-state index contributed by atoms with van der Waals surface area (Å²) in [5.41, 5.74) is 0. The average Bonchev–Trinajstić information content (AvgIpc) is 2.17. The van der Waals surface area contributed by atoms with Crippen LogP contribution in [0.15, 0.2) is 34.1 Å². The molecule has 1 rings (SSSR count). The zero-order valence-electron chi connectivity index (χ0n) is 8.25. The molecule has 15 heavy (non-hydrogen) atoms. The van der Waals surface area contributed by atoms with Crippen LogP contribution in [-0.2, 0) is 21.1 Å². The van der Waals surface area contributed by atoms with Crippen molar-refractivity contribution in [3.63, 3.8) is 0 Å². The van der Waals surface area contributed by atoms with Gasteiger partial charge in [0.1, 0.15) is 4.90 Å². The first-order valence-electron chi connectivity index (χ1n) is 4.00. The van der Waals surface area contributed by atoms with Gasteiger partial charge in [-0.3, -0.25) is 0 Å². The third kappa shape index (κ3) is 2.43. The molecule has 0 radical (unpaired) electrons. The summed E-state index contributed by atoms with van der Waals surface area (Å²) < 4.78 is 44.3. The van der Waals surface area contributed by atoms with E-state index in [4.69, 9.17) is 4.55 Å². The van der Waals surface area contributed by atoms with Crippen LogP contribution in [-0.4, -0.2) is 35.6 Å². The number of nitrogens with zero attached hydrogens (tertiary/aromatic N) is 1. The molecule has 0 aromatic heterocycles. The maximum Gasteiger partial charge on any atom is 0.243 e. The Hall–Kier alpha value is -0.760. The third-order valence-electron chi connectivity index (χ3n) is 1.80. The predicted octanol–water partition coefficient (Wildman–Crippen LogP) is 0.518. The molecule has 0 aliphatic carbocycles. The molecule has 0 saturated heterocycles. The van der Waals surface area contributed by atoms with Crippen LogP contribution in [0.5, 0.6) is 0 Å². The maximum absolute atomic E-state index is 11.7. The zero-order valence-corrected chi connectivity index (χ0v) is 9.88. The topological polar surface area (TPSA) is 74.7 Å². The predicted molar refractivity (Wildman–Crippen MR) is 56.4 cm³/mol. The summed E-state index contributed by atoms with van der Waals surface area (Å²) in [6, 6.07) is 5.64. The molecule has 0 heterocycles. The highest BCUT2D eigenvalue weighted by molar-refractivity contribution is 7.90. The van der Waals surface area contributed by atoms with Crippen molar-refractivity contribution in [3.05, 3.63) is 24.3 Å². The fourth-order valence-electron chi connectivity index (χ4n) is 1.00. The van der Waals surface area contributed by atoms with Crippen molar-refractivity contribution in [2.45, 2.75) is 9.79 Å². The molecule has 0 fully saturated rings. The number of rotatable bonds is 3. The lowest BCUT2D eigenvalue weighted by Gasteiger charge is -2.12. The van der Waals surface area contributed by atoms with Crippen LogP contribution in [0.4, 0.5) is 0 Å². The van der Waals surface area contributed by atoms with E-state index in [0.717, 1.165) is 4.31 Å². The van der Waals surface area contributed by atoms with Crippen molar-refractivity contribution in [1.82, 2.24) is 4.31 Å². The van der Waals surface area contributed by atoms with Crippen LogP contribution in [0.3, 0.4) is 0 Å². The van der Waals surface area contributed by atoms with Crippen LogP contribution >= 0.6 is 0 Å². The molecule has 1 aromatic carbocycles. The second-order valence-corrected chi connectivity index (χ2v) is 6.04. The van der Waals surface area contributed by atoms with E-state index in [9.17, 15) is 12.6 Å². The third-order valence-corrected chi connectivity index (χ3v) is 4.53. The van der Waals surface area contributed by atoms with Gasteiger partial charge in [-0.1, -0.05) is 12.1 Å². The number of hydrogen-bond acceptors (Lipinski definition) is 3. The van der Waals surface area contributed by atoms with E-state index in [2.05, 4.69) is 0 Å². The highest BCUT2D eigenvalue weighted by Gasteiger charge is 2.22. The van der Waals surface area contributed by atoms with Gasteiger partial charge in [-0.15, -0.1) is 0 Å². The Morgan fingerprint density at radius 1 is 1.27 bits per heavy atom. The van der Waals surface area contributed by atoms with Crippen LogP contribution in [0.2, 0.25) is 0 Å². The SMILES string of the molecule is CN(C)S(=O)(=O)c1ccccc1S(=O)O. The molecule has 0 bridgehead atoms. The first-order valence-corrected chi connectivity index (χ1v) is 6.54. The maximum atomic E-state index is 11.7. The first kappa shape index (κ1) is 12.3. The minimum atomic E-state index is -3.67. The molecule has 0 aliphatic heterocycles. The van der Waals surface area contributed by atoms with Gasteiger partial charge in [0.15, 0.2) is 11.1 Å². The molecule has 1 atom stereocenters. The minimum Gasteiger partial charge on any atom is -0.302 e. The molecular weight excluding hydrogens is 238 g/mol. The molecule has 5 nitrogen and oxygen atoms in total. The summed E-state index contributed by atoms with van der Waals surface area (Å²) in [5, 5.41) is 0. The van der Waals surface area contributed by atoms with Gasteiger partial charge in [0.05, 0.1) is 4.90 Å². The Labute approximate surface area is 91.1 Å². The summed E-state index contributed by atoms with van der Waals surface area (Å²) in [6.45, 7) is 0. The van der Waals surface area contributed by atoms with Crippen molar-refractivity contribution in [2.75, 3.05) is 14.1 Å². The Morgan fingerprint density at radius 2 is 1.80 bits per heavy atom. The Bertz CT molecular complexity index is 481. The van der Waals surface area contributed by atoms with Gasteiger partial charge in [0, 0.05) is 14.1 Å². The van der Waals surface area contributed by atoms with E-state index in [1.165, 1.54) is 38.4 Å². The summed E-state index contributed by atoms with van der Waals surface area (Å²) >= 11 is -2.31. The fraction of sp³-hybridized carbons (Fsp3) is 0.250. The molecule has 0 saturated carbocycles. The normalized spacial score (nSPS) is 14.1. The highest BCUT2D eigenvalue weighted by atomic mass is 32.2. The zero-order chi connectivity index (χ0) is 11.6. The monoisotopic (exact) mass is 249 g/mol. The van der Waals surface area contributed by atoms with Crippen molar-refractivity contribution in [1.29, 1.82) is 0 Å². The molecule has 84 valence electrons. The van der Waals surface area contributed by atoms with Gasteiger partial charge in [0.2, 0.25) is 10.0 Å². The second-order valence-electron chi connectivity index (χ2n) is 2.98. The number of sulfonamides is 1. The average molecular weight is 249 g/mol. The van der Waals surface area contributed by atoms with Crippen molar-refractivity contribution in [2.24, 2.45) is 0 Å².